The van der Waals surface area contributed by atoms with E-state index in [1.807, 2.05) is 0 Å². The lowest BCUT2D eigenvalue weighted by Crippen LogP contribution is -2.24. The molecule has 0 fully saturated rings. The van der Waals surface area contributed by atoms with E-state index in [2.05, 4.69) is 0 Å². The summed E-state index contributed by atoms with van der Waals surface area (Å²) in [7, 11) is 1.66. The summed E-state index contributed by atoms with van der Waals surface area (Å²) in [6.07, 6.45) is 0. The third-order valence-electron chi connectivity index (χ3n) is 2.24. The van der Waals surface area contributed by atoms with Crippen LogP contribution in [-0.4, -0.2) is 4.57 Å². The highest BCUT2D eigenvalue weighted by Crippen LogP contribution is 2.17. The van der Waals surface area contributed by atoms with Gasteiger partial charge in [0.1, 0.15) is 5.69 Å². The normalized spacial score (nSPS) is 10.2. The van der Waals surface area contributed by atoms with Crippen molar-refractivity contribution in [1.29, 1.82) is 0 Å². The van der Waals surface area contributed by atoms with Crippen LogP contribution in [0.4, 0.5) is 11.4 Å². The number of rotatable bonds is 0. The van der Waals surface area contributed by atoms with Crippen molar-refractivity contribution in [2.75, 3.05) is 11.5 Å². The van der Waals surface area contributed by atoms with Crippen molar-refractivity contribution in [3.63, 3.8) is 0 Å². The molecule has 66 valence electrons. The lowest BCUT2D eigenvalue weighted by atomic mass is 10.1. The third kappa shape index (κ3) is 0.958. The summed E-state index contributed by atoms with van der Waals surface area (Å²) in [6, 6.07) is 0. The number of aromatic nitrogens is 1. The molecule has 0 amide bonds. The van der Waals surface area contributed by atoms with Crippen LogP contribution in [0.15, 0.2) is 4.79 Å². The average molecular weight is 167 g/mol. The number of anilines is 2. The first-order chi connectivity index (χ1) is 5.46. The van der Waals surface area contributed by atoms with Crippen molar-refractivity contribution < 1.29 is 0 Å². The second kappa shape index (κ2) is 2.55. The van der Waals surface area contributed by atoms with Crippen molar-refractivity contribution >= 4 is 11.4 Å². The van der Waals surface area contributed by atoms with Gasteiger partial charge in [-0.2, -0.15) is 0 Å². The standard InChI is InChI=1S/C8H13N3O/c1-4-6(9)5(2)11(3)8(12)7(4)10/h9-10H2,1-3H3. The lowest BCUT2D eigenvalue weighted by Gasteiger charge is -2.11. The maximum Gasteiger partial charge on any atom is 0.274 e. The van der Waals surface area contributed by atoms with E-state index in [0.29, 0.717) is 11.3 Å². The van der Waals surface area contributed by atoms with Gasteiger partial charge in [-0.1, -0.05) is 0 Å². The van der Waals surface area contributed by atoms with Gasteiger partial charge in [0, 0.05) is 18.3 Å². The SMILES string of the molecule is Cc1c(N)c(C)n(C)c(=O)c1N. The van der Waals surface area contributed by atoms with Crippen LogP contribution >= 0.6 is 0 Å². The molecule has 1 rings (SSSR count). The summed E-state index contributed by atoms with van der Waals surface area (Å²) in [6.45, 7) is 3.54. The quantitative estimate of drug-likeness (QED) is 0.578. The summed E-state index contributed by atoms with van der Waals surface area (Å²) in [5, 5.41) is 0. The Balaban J connectivity index is 3.73. The van der Waals surface area contributed by atoms with E-state index in [0.717, 1.165) is 5.69 Å². The first-order valence-electron chi connectivity index (χ1n) is 3.68. The van der Waals surface area contributed by atoms with E-state index in [9.17, 15) is 4.79 Å². The molecule has 4 heteroatoms. The molecule has 0 aliphatic rings. The molecule has 4 N–H and O–H groups in total. The molecular weight excluding hydrogens is 154 g/mol. The minimum absolute atomic E-state index is 0.181. The Hall–Kier alpha value is -1.45. The van der Waals surface area contributed by atoms with Crippen molar-refractivity contribution in [1.82, 2.24) is 4.57 Å². The summed E-state index contributed by atoms with van der Waals surface area (Å²) in [4.78, 5) is 11.3. The molecule has 1 aromatic heterocycles. The Morgan fingerprint density at radius 1 is 1.17 bits per heavy atom. The first-order valence-corrected chi connectivity index (χ1v) is 3.68. The molecule has 1 heterocycles. The van der Waals surface area contributed by atoms with Crippen LogP contribution in [-0.2, 0) is 7.05 Å². The maximum atomic E-state index is 11.3. The highest BCUT2D eigenvalue weighted by atomic mass is 16.1. The lowest BCUT2D eigenvalue weighted by molar-refractivity contribution is 0.822. The second-order valence-electron chi connectivity index (χ2n) is 2.90. The van der Waals surface area contributed by atoms with Gasteiger partial charge in [0.2, 0.25) is 0 Å². The van der Waals surface area contributed by atoms with Crippen LogP contribution < -0.4 is 17.0 Å². The Morgan fingerprint density at radius 2 is 1.67 bits per heavy atom. The molecular formula is C8H13N3O. The van der Waals surface area contributed by atoms with Crippen molar-refractivity contribution in [3.8, 4) is 0 Å². The van der Waals surface area contributed by atoms with Crippen molar-refractivity contribution in [2.45, 2.75) is 13.8 Å². The highest BCUT2D eigenvalue weighted by molar-refractivity contribution is 5.61. The largest absolute Gasteiger partial charge is 0.397 e. The molecule has 4 nitrogen and oxygen atoms in total. The van der Waals surface area contributed by atoms with Crippen LogP contribution in [0.2, 0.25) is 0 Å². The van der Waals surface area contributed by atoms with Crippen LogP contribution in [0.25, 0.3) is 0 Å². The fraction of sp³-hybridized carbons (Fsp3) is 0.375. The summed E-state index contributed by atoms with van der Waals surface area (Å²) in [5.74, 6) is 0. The second-order valence-corrected chi connectivity index (χ2v) is 2.90. The van der Waals surface area contributed by atoms with Gasteiger partial charge < -0.3 is 16.0 Å². The number of hydrogen-bond donors (Lipinski definition) is 2. The molecule has 0 unspecified atom stereocenters. The van der Waals surface area contributed by atoms with Crippen molar-refractivity contribution in [2.24, 2.45) is 7.05 Å². The highest BCUT2D eigenvalue weighted by Gasteiger charge is 2.08. The molecule has 0 saturated heterocycles. The molecule has 0 atom stereocenters. The number of pyridine rings is 1. The van der Waals surface area contributed by atoms with Crippen LogP contribution in [0.3, 0.4) is 0 Å². The molecule has 0 aromatic carbocycles. The molecule has 0 radical (unpaired) electrons. The molecule has 0 aliphatic carbocycles. The number of nitrogen functional groups attached to an aromatic ring is 2. The predicted octanol–water partition coefficient (Wildman–Crippen LogP) is 0.167. The van der Waals surface area contributed by atoms with Gasteiger partial charge in [-0.25, -0.2) is 0 Å². The maximum absolute atomic E-state index is 11.3. The van der Waals surface area contributed by atoms with E-state index in [4.69, 9.17) is 11.5 Å². The predicted molar refractivity (Wildman–Crippen MR) is 50.0 cm³/mol. The first kappa shape index (κ1) is 8.64. The molecule has 0 bridgehead atoms. The fourth-order valence-corrected chi connectivity index (χ4v) is 1.09. The minimum Gasteiger partial charge on any atom is -0.397 e. The van der Waals surface area contributed by atoms with Crippen LogP contribution in [0, 0.1) is 13.8 Å². The third-order valence-corrected chi connectivity index (χ3v) is 2.24. The van der Waals surface area contributed by atoms with E-state index < -0.39 is 0 Å². The van der Waals surface area contributed by atoms with Gasteiger partial charge in [-0.05, 0) is 13.8 Å². The summed E-state index contributed by atoms with van der Waals surface area (Å²) < 4.78 is 1.46. The van der Waals surface area contributed by atoms with Crippen molar-refractivity contribution in [3.05, 3.63) is 21.6 Å². The van der Waals surface area contributed by atoms with E-state index in [1.54, 1.807) is 20.9 Å². The van der Waals surface area contributed by atoms with Gasteiger partial charge in [-0.3, -0.25) is 4.79 Å². The van der Waals surface area contributed by atoms with Gasteiger partial charge in [0.15, 0.2) is 0 Å². The van der Waals surface area contributed by atoms with E-state index >= 15 is 0 Å². The van der Waals surface area contributed by atoms with Gasteiger partial charge >= 0.3 is 0 Å². The van der Waals surface area contributed by atoms with Crippen LogP contribution in [0.1, 0.15) is 11.3 Å². The zero-order valence-corrected chi connectivity index (χ0v) is 7.51. The van der Waals surface area contributed by atoms with E-state index in [1.165, 1.54) is 4.57 Å². The molecule has 12 heavy (non-hydrogen) atoms. The molecule has 0 aliphatic heterocycles. The summed E-state index contributed by atoms with van der Waals surface area (Å²) >= 11 is 0. The zero-order chi connectivity index (χ0) is 9.46. The van der Waals surface area contributed by atoms with Gasteiger partial charge in [-0.15, -0.1) is 0 Å². The average Bonchev–Trinajstić information content (AvgIpc) is 2.08. The monoisotopic (exact) mass is 167 g/mol. The Kier molecular flexibility index (Phi) is 1.84. The Morgan fingerprint density at radius 3 is 2.17 bits per heavy atom. The Labute approximate surface area is 70.8 Å². The summed E-state index contributed by atoms with van der Waals surface area (Å²) in [5.41, 5.74) is 13.3. The molecule has 0 spiro atoms. The minimum atomic E-state index is -0.181. The Bertz CT molecular complexity index is 347. The zero-order valence-electron chi connectivity index (χ0n) is 7.51. The number of nitrogens with two attached hydrogens (primary N) is 2. The van der Waals surface area contributed by atoms with E-state index in [-0.39, 0.29) is 11.2 Å². The van der Waals surface area contributed by atoms with Gasteiger partial charge in [0.25, 0.3) is 5.56 Å². The fourth-order valence-electron chi connectivity index (χ4n) is 1.09. The number of hydrogen-bond acceptors (Lipinski definition) is 3. The molecule has 1 aromatic rings. The smallest absolute Gasteiger partial charge is 0.274 e. The number of nitrogens with zero attached hydrogens (tertiary/aromatic N) is 1. The topological polar surface area (TPSA) is 74.0 Å². The van der Waals surface area contributed by atoms with Crippen LogP contribution in [0.5, 0.6) is 0 Å². The van der Waals surface area contributed by atoms with Gasteiger partial charge in [0.05, 0.1) is 5.69 Å². The molecule has 0 saturated carbocycles.